The van der Waals surface area contributed by atoms with Crippen LogP contribution in [0, 0.1) is 0 Å². The number of hydrogen-bond acceptors (Lipinski definition) is 9. The van der Waals surface area contributed by atoms with E-state index in [2.05, 4.69) is 4.99 Å². The Balaban J connectivity index is 1.79. The monoisotopic (exact) mass is 575 g/mol. The van der Waals surface area contributed by atoms with Gasteiger partial charge in [-0.1, -0.05) is 42.5 Å². The fraction of sp³-hybridized carbons (Fsp3) is 0.300. The first kappa shape index (κ1) is 28.0. The third-order valence-electron chi connectivity index (χ3n) is 6.85. The van der Waals surface area contributed by atoms with Crippen molar-refractivity contribution in [2.24, 2.45) is 4.99 Å². The number of para-hydroxylation sites is 1. The van der Waals surface area contributed by atoms with E-state index in [1.165, 1.54) is 18.6 Å². The number of nitrogens with zero attached hydrogens (tertiary/aromatic N) is 3. The van der Waals surface area contributed by atoms with Crippen molar-refractivity contribution in [3.05, 3.63) is 84.5 Å². The molecule has 5 rings (SSSR count). The zero-order valence-electron chi connectivity index (χ0n) is 23.3. The van der Waals surface area contributed by atoms with Crippen molar-refractivity contribution < 1.29 is 28.6 Å². The lowest BCUT2D eigenvalue weighted by Crippen LogP contribution is -2.41. The quantitative estimate of drug-likeness (QED) is 0.314. The molecule has 41 heavy (non-hydrogen) atoms. The zero-order valence-corrected chi connectivity index (χ0v) is 24.2. The second-order valence-corrected chi connectivity index (χ2v) is 10.5. The van der Waals surface area contributed by atoms with Gasteiger partial charge in [0.05, 0.1) is 42.3 Å². The van der Waals surface area contributed by atoms with Crippen molar-refractivity contribution in [1.82, 2.24) is 4.57 Å². The second kappa shape index (κ2) is 11.2. The maximum absolute atomic E-state index is 14.3. The Labute approximate surface area is 239 Å². The molecule has 0 aliphatic carbocycles. The zero-order chi connectivity index (χ0) is 29.4. The third-order valence-corrected chi connectivity index (χ3v) is 7.90. The molecule has 0 spiro atoms. The van der Waals surface area contributed by atoms with Gasteiger partial charge in [-0.05, 0) is 44.0 Å². The van der Waals surface area contributed by atoms with E-state index >= 15 is 0 Å². The molecule has 2 aliphatic rings. The summed E-state index contributed by atoms with van der Waals surface area (Å²) in [5.41, 5.74) is 2.39. The van der Waals surface area contributed by atoms with Crippen molar-refractivity contribution in [3.8, 4) is 11.5 Å². The Hall–Kier alpha value is -4.51. The van der Waals surface area contributed by atoms with E-state index in [0.717, 1.165) is 23.4 Å². The summed E-state index contributed by atoms with van der Waals surface area (Å²) in [6, 6.07) is 11.3. The number of carbonyl (C=O) groups is 3. The van der Waals surface area contributed by atoms with Crippen molar-refractivity contribution in [3.63, 3.8) is 0 Å². The minimum absolute atomic E-state index is 0.129. The van der Waals surface area contributed by atoms with Gasteiger partial charge in [0, 0.05) is 19.0 Å². The summed E-state index contributed by atoms with van der Waals surface area (Å²) < 4.78 is 17.8. The van der Waals surface area contributed by atoms with Gasteiger partial charge in [-0.2, -0.15) is 0 Å². The number of rotatable bonds is 7. The standard InChI is InChI=1S/C30H29N3O7S/c1-6-14-32-20-11-9-8-10-19(20)24(27(32)35)26-28(36)33-25(18-12-13-21(40-17(4)34)22(15-18)38-5)23(29(37)39-7-2)16(3)31-30(33)41-26/h8-13,15,25H,6-7,14H2,1-5H3/b26-24-/t25-/m0/s1. The number of methoxy groups -OCH3 is 1. The predicted octanol–water partition coefficient (Wildman–Crippen LogP) is 2.86. The summed E-state index contributed by atoms with van der Waals surface area (Å²) in [5, 5.41) is 0. The molecule has 212 valence electrons. The summed E-state index contributed by atoms with van der Waals surface area (Å²) in [7, 11) is 1.43. The topological polar surface area (TPSA) is 117 Å². The largest absolute Gasteiger partial charge is 0.493 e. The molecule has 2 aliphatic heterocycles. The molecule has 0 fully saturated rings. The van der Waals surface area contributed by atoms with E-state index in [9.17, 15) is 19.2 Å². The van der Waals surface area contributed by atoms with Gasteiger partial charge in [0.25, 0.3) is 11.5 Å². The lowest BCUT2D eigenvalue weighted by molar-refractivity contribution is -0.139. The normalized spacial score (nSPS) is 17.1. The molecule has 11 heteroatoms. The fourth-order valence-corrected chi connectivity index (χ4v) is 6.33. The maximum atomic E-state index is 14.3. The van der Waals surface area contributed by atoms with Crippen LogP contribution in [0.1, 0.15) is 51.3 Å². The second-order valence-electron chi connectivity index (χ2n) is 9.48. The molecule has 1 amide bonds. The Morgan fingerprint density at radius 2 is 1.83 bits per heavy atom. The molecule has 0 saturated heterocycles. The molecule has 1 aromatic heterocycles. The van der Waals surface area contributed by atoms with Crippen molar-refractivity contribution in [1.29, 1.82) is 0 Å². The highest BCUT2D eigenvalue weighted by Crippen LogP contribution is 2.37. The highest BCUT2D eigenvalue weighted by atomic mass is 32.1. The highest BCUT2D eigenvalue weighted by Gasteiger charge is 2.37. The number of aromatic nitrogens is 1. The molecular weight excluding hydrogens is 546 g/mol. The van der Waals surface area contributed by atoms with Gasteiger partial charge in [-0.15, -0.1) is 0 Å². The summed E-state index contributed by atoms with van der Waals surface area (Å²) in [6.07, 6.45) is 0.752. The molecule has 3 heterocycles. The van der Waals surface area contributed by atoms with E-state index < -0.39 is 23.5 Å². The number of benzene rings is 2. The van der Waals surface area contributed by atoms with E-state index in [0.29, 0.717) is 33.7 Å². The van der Waals surface area contributed by atoms with E-state index in [1.54, 1.807) is 36.9 Å². The molecular formula is C30H29N3O7S. The van der Waals surface area contributed by atoms with Crippen LogP contribution < -0.4 is 29.3 Å². The van der Waals surface area contributed by atoms with E-state index in [-0.39, 0.29) is 34.1 Å². The van der Waals surface area contributed by atoms with Crippen molar-refractivity contribution in [2.75, 3.05) is 25.2 Å². The van der Waals surface area contributed by atoms with Crippen LogP contribution in [0.3, 0.4) is 0 Å². The van der Waals surface area contributed by atoms with E-state index in [4.69, 9.17) is 14.2 Å². The van der Waals surface area contributed by atoms with Gasteiger partial charge in [-0.3, -0.25) is 19.0 Å². The number of amides is 1. The number of ether oxygens (including phenoxy) is 3. The van der Waals surface area contributed by atoms with Gasteiger partial charge >= 0.3 is 11.9 Å². The Morgan fingerprint density at radius 3 is 2.51 bits per heavy atom. The average molecular weight is 576 g/mol. The van der Waals surface area contributed by atoms with Crippen LogP contribution in [0.2, 0.25) is 0 Å². The highest BCUT2D eigenvalue weighted by molar-refractivity contribution is 7.07. The first-order chi connectivity index (χ1) is 19.7. The van der Waals surface area contributed by atoms with Crippen molar-refractivity contribution in [2.45, 2.75) is 40.2 Å². The predicted molar refractivity (Wildman–Crippen MR) is 153 cm³/mol. The van der Waals surface area contributed by atoms with Gasteiger partial charge in [0.2, 0.25) is 0 Å². The number of carbonyl (C=O) groups excluding carboxylic acids is 3. The van der Waals surface area contributed by atoms with Crippen molar-refractivity contribution >= 4 is 40.4 Å². The smallest absolute Gasteiger partial charge is 0.338 e. The average Bonchev–Trinajstić information content (AvgIpc) is 3.40. The number of esters is 2. The minimum Gasteiger partial charge on any atom is -0.493 e. The Morgan fingerprint density at radius 1 is 1.07 bits per heavy atom. The molecule has 2 aromatic carbocycles. The molecule has 0 bridgehead atoms. The third kappa shape index (κ3) is 4.76. The molecule has 0 saturated carbocycles. The number of thiazole rings is 1. The summed E-state index contributed by atoms with van der Waals surface area (Å²) in [6.45, 7) is 7.29. The summed E-state index contributed by atoms with van der Waals surface area (Å²) >= 11 is 1.11. The number of fused-ring (bicyclic) bond motifs is 2. The van der Waals surface area contributed by atoms with E-state index in [1.807, 2.05) is 31.2 Å². The number of anilines is 1. The molecule has 1 atom stereocenters. The first-order valence-corrected chi connectivity index (χ1v) is 14.0. The molecule has 0 radical (unpaired) electrons. The SMILES string of the molecule is CCCN1C(=O)/C(=c2\sc3n(c2=O)[C@@H](c2ccc(OC(C)=O)c(OC)c2)C(C(=O)OCC)=C(C)N=3)c2ccccc21. The lowest BCUT2D eigenvalue weighted by atomic mass is 9.95. The minimum atomic E-state index is -0.932. The van der Waals surface area contributed by atoms with Gasteiger partial charge in [0.15, 0.2) is 16.3 Å². The van der Waals surface area contributed by atoms with Crippen LogP contribution in [0.15, 0.2) is 63.5 Å². The van der Waals surface area contributed by atoms with Crippen LogP contribution in [0.4, 0.5) is 5.69 Å². The Bertz CT molecular complexity index is 1800. The summed E-state index contributed by atoms with van der Waals surface area (Å²) in [4.78, 5) is 59.4. The molecule has 0 unspecified atom stereocenters. The number of allylic oxidation sites excluding steroid dienone is 1. The van der Waals surface area contributed by atoms with Crippen LogP contribution in [-0.2, 0) is 19.1 Å². The maximum Gasteiger partial charge on any atom is 0.338 e. The Kier molecular flexibility index (Phi) is 7.63. The van der Waals surface area contributed by atoms with Gasteiger partial charge < -0.3 is 19.1 Å². The van der Waals surface area contributed by atoms with Gasteiger partial charge in [0.1, 0.15) is 4.53 Å². The molecule has 10 nitrogen and oxygen atoms in total. The van der Waals surface area contributed by atoms with Crippen LogP contribution in [0.25, 0.3) is 5.57 Å². The molecule has 3 aromatic rings. The van der Waals surface area contributed by atoms with Gasteiger partial charge in [-0.25, -0.2) is 9.79 Å². The fourth-order valence-electron chi connectivity index (χ4n) is 5.20. The van der Waals surface area contributed by atoms with Crippen LogP contribution in [-0.4, -0.2) is 42.7 Å². The lowest BCUT2D eigenvalue weighted by Gasteiger charge is -2.25. The van der Waals surface area contributed by atoms with Crippen LogP contribution >= 0.6 is 11.3 Å². The number of hydrogen-bond donors (Lipinski definition) is 0. The van der Waals surface area contributed by atoms with Crippen LogP contribution in [0.5, 0.6) is 11.5 Å². The first-order valence-electron chi connectivity index (χ1n) is 13.2. The summed E-state index contributed by atoms with van der Waals surface area (Å²) in [5.74, 6) is -0.941. The molecule has 0 N–H and O–H groups in total.